The van der Waals surface area contributed by atoms with Crippen LogP contribution in [0.15, 0.2) is 78.5 Å². The first-order valence-corrected chi connectivity index (χ1v) is 17.4. The maximum atomic E-state index is 15.2. The molecule has 2 fully saturated rings. The number of carbonyl (C=O) groups is 1. The number of ether oxygens (including phenoxy) is 1. The highest BCUT2D eigenvalue weighted by Gasteiger charge is 2.59. The van der Waals surface area contributed by atoms with Crippen molar-refractivity contribution in [1.82, 2.24) is 10.2 Å². The Labute approximate surface area is 254 Å². The number of carbonyl (C=O) groups excluding carboxylic acids is 1. The fourth-order valence-electron chi connectivity index (χ4n) is 9.14. The van der Waals surface area contributed by atoms with Crippen LogP contribution in [0, 0.1) is 23.2 Å². The summed E-state index contributed by atoms with van der Waals surface area (Å²) < 4.78 is 20.8. The molecule has 1 heterocycles. The van der Waals surface area contributed by atoms with Gasteiger partial charge in [-0.15, -0.1) is 5.10 Å². The minimum absolute atomic E-state index is 0.000969. The first-order valence-electron chi connectivity index (χ1n) is 15.7. The van der Waals surface area contributed by atoms with Gasteiger partial charge < -0.3 is 14.9 Å². The van der Waals surface area contributed by atoms with Gasteiger partial charge in [0, 0.05) is 24.7 Å². The molecule has 7 rings (SSSR count). The van der Waals surface area contributed by atoms with Crippen molar-refractivity contribution in [1.29, 1.82) is 0 Å². The van der Waals surface area contributed by atoms with E-state index in [-0.39, 0.29) is 22.9 Å². The molecular weight excluding hydrogens is 555 g/mol. The number of esters is 1. The number of anilines is 2. The third-order valence-electron chi connectivity index (χ3n) is 11.1. The number of rotatable bonds is 6. The highest BCUT2D eigenvalue weighted by Crippen LogP contribution is 2.65. The smallest absolute Gasteiger partial charge is 0.307 e. The van der Waals surface area contributed by atoms with E-state index in [0.717, 1.165) is 61.9 Å². The largest absolute Gasteiger partial charge is 0.462 e. The van der Waals surface area contributed by atoms with Crippen molar-refractivity contribution in [2.24, 2.45) is 23.2 Å². The normalized spacial score (nSPS) is 31.0. The average Bonchev–Trinajstić information content (AvgIpc) is 3.31. The maximum absolute atomic E-state index is 15.2. The third kappa shape index (κ3) is 4.81. The van der Waals surface area contributed by atoms with Gasteiger partial charge in [0.15, 0.2) is 5.44 Å². The summed E-state index contributed by atoms with van der Waals surface area (Å²) in [5, 5.41) is 15.9. The molecule has 2 aromatic carbocycles. The Kier molecular flexibility index (Phi) is 7.00. The van der Waals surface area contributed by atoms with Crippen molar-refractivity contribution in [3.05, 3.63) is 89.6 Å². The quantitative estimate of drug-likeness (QED) is 0.174. The molecule has 0 amide bonds. The molecule has 224 valence electrons. The van der Waals surface area contributed by atoms with E-state index in [4.69, 9.17) is 4.74 Å². The van der Waals surface area contributed by atoms with E-state index in [1.165, 1.54) is 18.1 Å². The molecule has 0 radical (unpaired) electrons. The number of para-hydroxylation sites is 2. The van der Waals surface area contributed by atoms with Gasteiger partial charge in [-0.05, 0) is 103 Å². The third-order valence-corrected chi connectivity index (χ3v) is 13.2. The molecule has 0 saturated heterocycles. The van der Waals surface area contributed by atoms with Gasteiger partial charge in [0.25, 0.3) is 0 Å². The van der Waals surface area contributed by atoms with E-state index < -0.39 is 7.44 Å². The number of nitrogens with one attached hydrogen (secondary N) is 2. The Morgan fingerprint density at radius 1 is 0.907 bits per heavy atom. The van der Waals surface area contributed by atoms with E-state index in [1.807, 2.05) is 66.9 Å². The molecule has 3 aromatic rings. The van der Waals surface area contributed by atoms with Gasteiger partial charge in [-0.25, -0.2) is 0 Å². The standard InChI is InChI=1S/C35H41N4O3P/c1-23(40)42-28-16-18-34(2)25(21-28)14-15-29-30(34)17-19-35(3)31(29)20-24-22-36-37-33(32(24)35)43(41,38-26-10-6-4-7-11-26)39-27-12-8-5-9-13-27/h4-14,22,28-31H,15-21H2,1-3H3,(H2,38,39,41)/t28-,29+,30-,31-,34-,35-/m0/s1. The summed E-state index contributed by atoms with van der Waals surface area (Å²) in [5.41, 5.74) is 5.89. The molecule has 4 aliphatic carbocycles. The molecule has 2 saturated carbocycles. The summed E-state index contributed by atoms with van der Waals surface area (Å²) in [5.74, 6) is 1.35. The number of hydrogen-bond donors (Lipinski definition) is 2. The molecule has 0 bridgehead atoms. The second kappa shape index (κ2) is 10.6. The maximum Gasteiger partial charge on any atom is 0.307 e. The molecule has 1 aromatic heterocycles. The Hall–Kier alpha value is -3.44. The van der Waals surface area contributed by atoms with Crippen molar-refractivity contribution in [3.63, 3.8) is 0 Å². The van der Waals surface area contributed by atoms with Crippen LogP contribution in [0.25, 0.3) is 0 Å². The lowest BCUT2D eigenvalue weighted by molar-refractivity contribution is -0.148. The molecule has 8 heteroatoms. The number of nitrogens with zero attached hydrogens (tertiary/aromatic N) is 2. The van der Waals surface area contributed by atoms with Crippen LogP contribution < -0.4 is 15.6 Å². The Morgan fingerprint density at radius 3 is 2.21 bits per heavy atom. The summed E-state index contributed by atoms with van der Waals surface area (Å²) in [6.07, 6.45) is 11.3. The van der Waals surface area contributed by atoms with Gasteiger partial charge in [-0.1, -0.05) is 61.9 Å². The Morgan fingerprint density at radius 2 is 1.56 bits per heavy atom. The number of aromatic nitrogens is 2. The molecule has 2 N–H and O–H groups in total. The van der Waals surface area contributed by atoms with Crippen LogP contribution in [-0.4, -0.2) is 22.3 Å². The molecule has 43 heavy (non-hydrogen) atoms. The highest BCUT2D eigenvalue weighted by molar-refractivity contribution is 7.74. The average molecular weight is 597 g/mol. The molecule has 7 nitrogen and oxygen atoms in total. The zero-order valence-corrected chi connectivity index (χ0v) is 26.1. The number of benzene rings is 2. The first-order chi connectivity index (χ1) is 20.7. The van der Waals surface area contributed by atoms with Crippen LogP contribution in [0.1, 0.15) is 70.4 Å². The van der Waals surface area contributed by atoms with Gasteiger partial charge in [-0.3, -0.25) is 9.36 Å². The van der Waals surface area contributed by atoms with Crippen LogP contribution in [0.3, 0.4) is 0 Å². The fourth-order valence-corrected chi connectivity index (χ4v) is 11.3. The zero-order valence-electron chi connectivity index (χ0n) is 25.3. The fraction of sp³-hybridized carbons (Fsp3) is 0.457. The van der Waals surface area contributed by atoms with Gasteiger partial charge in [0.1, 0.15) is 6.10 Å². The minimum atomic E-state index is -3.48. The minimum Gasteiger partial charge on any atom is -0.462 e. The monoisotopic (exact) mass is 596 g/mol. The van der Waals surface area contributed by atoms with E-state index in [2.05, 4.69) is 40.3 Å². The van der Waals surface area contributed by atoms with Crippen LogP contribution >= 0.6 is 7.44 Å². The van der Waals surface area contributed by atoms with Gasteiger partial charge in [-0.2, -0.15) is 5.10 Å². The summed E-state index contributed by atoms with van der Waals surface area (Å²) >= 11 is 0. The zero-order chi connectivity index (χ0) is 29.8. The summed E-state index contributed by atoms with van der Waals surface area (Å²) in [7, 11) is -3.48. The Bertz CT molecular complexity index is 1570. The van der Waals surface area contributed by atoms with Gasteiger partial charge >= 0.3 is 13.4 Å². The molecule has 6 atom stereocenters. The molecular formula is C35H41N4O3P. The molecule has 0 aliphatic heterocycles. The van der Waals surface area contributed by atoms with E-state index in [0.29, 0.717) is 23.2 Å². The van der Waals surface area contributed by atoms with E-state index in [9.17, 15) is 4.79 Å². The second-order valence-corrected chi connectivity index (χ2v) is 15.6. The van der Waals surface area contributed by atoms with E-state index >= 15 is 4.57 Å². The van der Waals surface area contributed by atoms with Crippen molar-refractivity contribution in [2.75, 3.05) is 10.2 Å². The lowest BCUT2D eigenvalue weighted by Crippen LogP contribution is -2.52. The van der Waals surface area contributed by atoms with Crippen molar-refractivity contribution >= 4 is 30.2 Å². The summed E-state index contributed by atoms with van der Waals surface area (Å²) in [6.45, 7) is 6.36. The number of fused-ring (bicyclic) bond motifs is 7. The molecule has 0 unspecified atom stereocenters. The van der Waals surface area contributed by atoms with Crippen LogP contribution in [0.2, 0.25) is 0 Å². The topological polar surface area (TPSA) is 93.2 Å². The first kappa shape index (κ1) is 28.3. The predicted molar refractivity (Wildman–Crippen MR) is 170 cm³/mol. The summed E-state index contributed by atoms with van der Waals surface area (Å²) in [4.78, 5) is 11.7. The van der Waals surface area contributed by atoms with Crippen LogP contribution in [0.5, 0.6) is 0 Å². The van der Waals surface area contributed by atoms with Crippen molar-refractivity contribution in [2.45, 2.75) is 77.2 Å². The molecule has 4 aliphatic rings. The lowest BCUT2D eigenvalue weighted by atomic mass is 9.47. The van der Waals surface area contributed by atoms with Crippen LogP contribution in [0.4, 0.5) is 11.4 Å². The Balaban J connectivity index is 1.25. The van der Waals surface area contributed by atoms with Gasteiger partial charge in [0.2, 0.25) is 0 Å². The predicted octanol–water partition coefficient (Wildman–Crippen LogP) is 7.43. The molecule has 0 spiro atoms. The van der Waals surface area contributed by atoms with Crippen molar-refractivity contribution < 1.29 is 14.1 Å². The van der Waals surface area contributed by atoms with Gasteiger partial charge in [0.05, 0.1) is 6.20 Å². The summed E-state index contributed by atoms with van der Waals surface area (Å²) in [6, 6.07) is 19.4. The second-order valence-electron chi connectivity index (χ2n) is 13.5. The number of allylic oxidation sites excluding steroid dienone is 1. The van der Waals surface area contributed by atoms with Crippen molar-refractivity contribution in [3.8, 4) is 0 Å². The van der Waals surface area contributed by atoms with E-state index in [1.54, 1.807) is 0 Å². The SMILES string of the molecule is CC(=O)O[C@H]1CC[C@@]2(C)C(=CC[C@@H]3[C@@H]2CC[C@]2(C)c4c(cnnc4P(=O)(Nc4ccccc4)Nc4ccccc4)C[C@@H]32)C1. The van der Waals surface area contributed by atoms with Crippen LogP contribution in [-0.2, 0) is 25.9 Å². The lowest BCUT2D eigenvalue weighted by Gasteiger charge is -2.57. The highest BCUT2D eigenvalue weighted by atomic mass is 31.2. The number of hydrogen-bond acceptors (Lipinski definition) is 5.